The number of aliphatic imine (C=N–C) groups is 1. The highest BCUT2D eigenvalue weighted by atomic mass is 32.2. The van der Waals surface area contributed by atoms with Crippen molar-refractivity contribution in [1.29, 1.82) is 0 Å². The average molecular weight is 263 g/mol. The van der Waals surface area contributed by atoms with E-state index in [4.69, 9.17) is 0 Å². The first-order valence-electron chi connectivity index (χ1n) is 5.20. The molecule has 0 fully saturated rings. The van der Waals surface area contributed by atoms with E-state index in [-0.39, 0.29) is 11.3 Å². The van der Waals surface area contributed by atoms with Gasteiger partial charge in [0.15, 0.2) is 5.50 Å². The zero-order valence-corrected chi connectivity index (χ0v) is 10.4. The molecular formula is C12H10FN3OS. The predicted octanol–water partition coefficient (Wildman–Crippen LogP) is 1.96. The fourth-order valence-corrected chi connectivity index (χ4v) is 2.18. The van der Waals surface area contributed by atoms with E-state index in [0.29, 0.717) is 16.2 Å². The Labute approximate surface area is 108 Å². The van der Waals surface area contributed by atoms with Crippen molar-refractivity contribution in [3.63, 3.8) is 0 Å². The molecule has 1 atom stereocenters. The molecule has 0 saturated heterocycles. The predicted molar refractivity (Wildman–Crippen MR) is 70.8 cm³/mol. The quantitative estimate of drug-likeness (QED) is 0.515. The summed E-state index contributed by atoms with van der Waals surface area (Å²) < 4.78 is 13.3. The van der Waals surface area contributed by atoms with E-state index in [1.165, 1.54) is 24.0 Å². The molecule has 0 saturated carbocycles. The molecule has 1 aliphatic rings. The highest BCUT2D eigenvalue weighted by Crippen LogP contribution is 2.27. The van der Waals surface area contributed by atoms with Crippen LogP contribution in [-0.2, 0) is 4.79 Å². The van der Waals surface area contributed by atoms with Gasteiger partial charge in [0.25, 0.3) is 0 Å². The highest BCUT2D eigenvalue weighted by Gasteiger charge is 2.20. The molecule has 0 radical (unpaired) electrons. The Balaban J connectivity index is 1.98. The van der Waals surface area contributed by atoms with Gasteiger partial charge < -0.3 is 0 Å². The number of halogens is 1. The van der Waals surface area contributed by atoms with Gasteiger partial charge in [0, 0.05) is 5.56 Å². The molecule has 1 heterocycles. The van der Waals surface area contributed by atoms with E-state index >= 15 is 0 Å². The summed E-state index contributed by atoms with van der Waals surface area (Å²) in [5, 5.41) is 3.90. The summed E-state index contributed by atoms with van der Waals surface area (Å²) in [6, 6.07) is 6.32. The van der Waals surface area contributed by atoms with Gasteiger partial charge in [0.2, 0.25) is 0 Å². The number of hydrazone groups is 1. The molecule has 0 spiro atoms. The van der Waals surface area contributed by atoms with Crippen molar-refractivity contribution in [2.75, 3.05) is 0 Å². The van der Waals surface area contributed by atoms with Crippen LogP contribution in [0.2, 0.25) is 0 Å². The Hall–Kier alpha value is -1.91. The van der Waals surface area contributed by atoms with E-state index < -0.39 is 0 Å². The SMILES string of the molecule is CC1=NC(NN=Cc2ccccc2F)SC1=C=O. The van der Waals surface area contributed by atoms with Gasteiger partial charge in [0.1, 0.15) is 16.7 Å². The molecule has 0 aliphatic carbocycles. The van der Waals surface area contributed by atoms with Crippen molar-refractivity contribution < 1.29 is 9.18 Å². The smallest absolute Gasteiger partial charge is 0.186 e. The second kappa shape index (κ2) is 5.62. The monoisotopic (exact) mass is 263 g/mol. The lowest BCUT2D eigenvalue weighted by atomic mass is 10.2. The molecule has 1 aromatic carbocycles. The van der Waals surface area contributed by atoms with Crippen LogP contribution in [0.1, 0.15) is 12.5 Å². The van der Waals surface area contributed by atoms with Crippen molar-refractivity contribution in [3.8, 4) is 0 Å². The van der Waals surface area contributed by atoms with Crippen LogP contribution in [0.15, 0.2) is 39.3 Å². The zero-order valence-electron chi connectivity index (χ0n) is 9.55. The maximum Gasteiger partial charge on any atom is 0.186 e. The molecule has 0 amide bonds. The maximum atomic E-state index is 13.3. The molecule has 1 unspecified atom stereocenters. The standard InChI is InChI=1S/C12H10FN3OS/c1-8-11(7-17)18-12(15-8)16-14-6-9-4-2-3-5-10(9)13/h2-6,12,16H,1H3. The van der Waals surface area contributed by atoms with Crippen LogP contribution >= 0.6 is 11.8 Å². The fraction of sp³-hybridized carbons (Fsp3) is 0.167. The lowest BCUT2D eigenvalue weighted by Crippen LogP contribution is -2.16. The first kappa shape index (κ1) is 12.5. The van der Waals surface area contributed by atoms with Crippen molar-refractivity contribution in [2.24, 2.45) is 10.1 Å². The van der Waals surface area contributed by atoms with Gasteiger partial charge in [-0.25, -0.2) is 9.18 Å². The van der Waals surface area contributed by atoms with Gasteiger partial charge in [-0.15, -0.1) is 0 Å². The summed E-state index contributed by atoms with van der Waals surface area (Å²) in [7, 11) is 0. The zero-order chi connectivity index (χ0) is 13.0. The lowest BCUT2D eigenvalue weighted by molar-refractivity contribution is 0.569. The van der Waals surface area contributed by atoms with E-state index in [0.717, 1.165) is 0 Å². The van der Waals surface area contributed by atoms with Crippen LogP contribution in [0.25, 0.3) is 0 Å². The second-order valence-electron chi connectivity index (χ2n) is 3.52. The summed E-state index contributed by atoms with van der Waals surface area (Å²) in [6.45, 7) is 1.73. The molecule has 0 aromatic heterocycles. The number of thioether (sulfide) groups is 1. The Kier molecular flexibility index (Phi) is 3.92. The molecule has 4 nitrogen and oxygen atoms in total. The van der Waals surface area contributed by atoms with Crippen molar-refractivity contribution >= 4 is 29.6 Å². The molecular weight excluding hydrogens is 253 g/mol. The number of nitrogens with zero attached hydrogens (tertiary/aromatic N) is 2. The first-order chi connectivity index (χ1) is 8.70. The molecule has 2 rings (SSSR count). The molecule has 92 valence electrons. The van der Waals surface area contributed by atoms with Crippen LogP contribution in [0.5, 0.6) is 0 Å². The summed E-state index contributed by atoms with van der Waals surface area (Å²) in [6.07, 6.45) is 1.38. The maximum absolute atomic E-state index is 13.3. The molecule has 1 N–H and O–H groups in total. The van der Waals surface area contributed by atoms with Gasteiger partial charge in [-0.2, -0.15) is 5.10 Å². The summed E-state index contributed by atoms with van der Waals surface area (Å²) in [5.74, 6) is 1.47. The van der Waals surface area contributed by atoms with Gasteiger partial charge in [-0.1, -0.05) is 30.0 Å². The largest absolute Gasteiger partial charge is 0.276 e. The van der Waals surface area contributed by atoms with Crippen molar-refractivity contribution in [1.82, 2.24) is 5.43 Å². The molecule has 1 aliphatic heterocycles. The van der Waals surface area contributed by atoms with Gasteiger partial charge in [-0.05, 0) is 13.0 Å². The van der Waals surface area contributed by atoms with E-state index in [2.05, 4.69) is 15.5 Å². The van der Waals surface area contributed by atoms with E-state index in [1.54, 1.807) is 25.1 Å². The Morgan fingerprint density at radius 2 is 2.33 bits per heavy atom. The van der Waals surface area contributed by atoms with Gasteiger partial charge >= 0.3 is 0 Å². The van der Waals surface area contributed by atoms with Crippen molar-refractivity contribution in [3.05, 3.63) is 40.6 Å². The minimum atomic E-state index is -0.357. The van der Waals surface area contributed by atoms with Gasteiger partial charge in [0.05, 0.1) is 11.9 Å². The average Bonchev–Trinajstić information content (AvgIpc) is 2.72. The number of hydrogen-bond acceptors (Lipinski definition) is 5. The minimum absolute atomic E-state index is 0.338. The first-order valence-corrected chi connectivity index (χ1v) is 6.08. The molecule has 1 aromatic rings. The van der Waals surface area contributed by atoms with Crippen LogP contribution in [0.3, 0.4) is 0 Å². The number of nitrogens with one attached hydrogen (secondary N) is 1. The molecule has 0 bridgehead atoms. The van der Waals surface area contributed by atoms with Gasteiger partial charge in [-0.3, -0.25) is 10.4 Å². The third-order valence-corrected chi connectivity index (χ3v) is 3.30. The number of carbonyl (C=O) groups excluding carboxylic acids is 1. The molecule has 18 heavy (non-hydrogen) atoms. The third-order valence-electron chi connectivity index (χ3n) is 2.26. The minimum Gasteiger partial charge on any atom is -0.276 e. The number of hydrogen-bond donors (Lipinski definition) is 1. The van der Waals surface area contributed by atoms with Crippen LogP contribution in [0.4, 0.5) is 4.39 Å². The number of allylic oxidation sites excluding steroid dienone is 1. The highest BCUT2D eigenvalue weighted by molar-refractivity contribution is 8.05. The van der Waals surface area contributed by atoms with E-state index in [1.807, 2.05) is 5.94 Å². The number of benzene rings is 1. The Morgan fingerprint density at radius 3 is 3.00 bits per heavy atom. The normalized spacial score (nSPS) is 18.9. The molecule has 6 heteroatoms. The van der Waals surface area contributed by atoms with E-state index in [9.17, 15) is 9.18 Å². The Bertz CT molecular complexity index is 564. The number of rotatable bonds is 3. The van der Waals surface area contributed by atoms with Crippen molar-refractivity contribution in [2.45, 2.75) is 12.4 Å². The Morgan fingerprint density at radius 1 is 1.56 bits per heavy atom. The summed E-state index contributed by atoms with van der Waals surface area (Å²) in [4.78, 5) is 15.1. The fourth-order valence-electron chi connectivity index (χ4n) is 1.36. The summed E-state index contributed by atoms with van der Waals surface area (Å²) in [5.41, 5.74) is 3.40. The lowest BCUT2D eigenvalue weighted by Gasteiger charge is -2.03. The van der Waals surface area contributed by atoms with Crippen LogP contribution < -0.4 is 5.43 Å². The van der Waals surface area contributed by atoms with Crippen LogP contribution in [-0.4, -0.2) is 23.4 Å². The summed E-state index contributed by atoms with van der Waals surface area (Å²) >= 11 is 1.23. The topological polar surface area (TPSA) is 53.8 Å². The third kappa shape index (κ3) is 2.85. The van der Waals surface area contributed by atoms with Crippen LogP contribution in [0, 0.1) is 5.82 Å². The second-order valence-corrected chi connectivity index (χ2v) is 4.62.